The third-order valence-electron chi connectivity index (χ3n) is 2.14. The highest BCUT2D eigenvalue weighted by atomic mass is 16.3. The van der Waals surface area contributed by atoms with Gasteiger partial charge in [0.05, 0.1) is 0 Å². The molecule has 1 N–H and O–H groups in total. The molecule has 0 radical (unpaired) electrons. The van der Waals surface area contributed by atoms with Gasteiger partial charge in [0.1, 0.15) is 5.75 Å². The van der Waals surface area contributed by atoms with Crippen LogP contribution in [0.4, 0.5) is 0 Å². The average Bonchev–Trinajstić information content (AvgIpc) is 2.01. The van der Waals surface area contributed by atoms with Gasteiger partial charge in [-0.1, -0.05) is 39.0 Å². The van der Waals surface area contributed by atoms with Crippen molar-refractivity contribution in [3.05, 3.63) is 29.8 Å². The molecule has 1 heteroatoms. The lowest BCUT2D eigenvalue weighted by Crippen LogP contribution is -2.06. The summed E-state index contributed by atoms with van der Waals surface area (Å²) in [7, 11) is 0. The van der Waals surface area contributed by atoms with E-state index in [0.717, 1.165) is 18.4 Å². The van der Waals surface area contributed by atoms with Gasteiger partial charge < -0.3 is 5.11 Å². The van der Waals surface area contributed by atoms with E-state index >= 15 is 0 Å². The van der Waals surface area contributed by atoms with Gasteiger partial charge >= 0.3 is 0 Å². The molecule has 0 aromatic heterocycles. The number of para-hydroxylation sites is 1. The van der Waals surface area contributed by atoms with Crippen molar-refractivity contribution < 1.29 is 5.11 Å². The molecule has 1 nitrogen and oxygen atoms in total. The van der Waals surface area contributed by atoms with Crippen LogP contribution >= 0.6 is 0 Å². The average molecular weight is 178 g/mol. The van der Waals surface area contributed by atoms with Crippen molar-refractivity contribution in [2.75, 3.05) is 0 Å². The predicted octanol–water partition coefficient (Wildman–Crippen LogP) is 3.37. The van der Waals surface area contributed by atoms with Crippen molar-refractivity contribution in [1.29, 1.82) is 0 Å². The predicted molar refractivity (Wildman–Crippen MR) is 55.9 cm³/mol. The second-order valence-electron chi connectivity index (χ2n) is 4.69. The minimum Gasteiger partial charge on any atom is -0.508 e. The van der Waals surface area contributed by atoms with E-state index in [1.54, 1.807) is 6.07 Å². The Morgan fingerprint density at radius 2 is 1.77 bits per heavy atom. The fraction of sp³-hybridized carbons (Fsp3) is 0.500. The van der Waals surface area contributed by atoms with Gasteiger partial charge in [0.2, 0.25) is 0 Å². The van der Waals surface area contributed by atoms with Crippen molar-refractivity contribution in [2.24, 2.45) is 5.41 Å². The molecule has 0 amide bonds. The zero-order valence-corrected chi connectivity index (χ0v) is 8.67. The number of aryl methyl sites for hydroxylation is 1. The topological polar surface area (TPSA) is 20.2 Å². The van der Waals surface area contributed by atoms with Crippen LogP contribution in [-0.4, -0.2) is 5.11 Å². The van der Waals surface area contributed by atoms with Gasteiger partial charge in [-0.05, 0) is 29.9 Å². The summed E-state index contributed by atoms with van der Waals surface area (Å²) in [6.45, 7) is 6.65. The minimum absolute atomic E-state index is 0.336. The molecule has 0 spiro atoms. The largest absolute Gasteiger partial charge is 0.508 e. The lowest BCUT2D eigenvalue weighted by molar-refractivity contribution is 0.374. The van der Waals surface area contributed by atoms with E-state index in [4.69, 9.17) is 0 Å². The molecule has 0 unspecified atom stereocenters. The van der Waals surface area contributed by atoms with E-state index < -0.39 is 0 Å². The van der Waals surface area contributed by atoms with E-state index in [0.29, 0.717) is 11.2 Å². The van der Waals surface area contributed by atoms with Crippen LogP contribution in [0.15, 0.2) is 24.3 Å². The number of hydrogen-bond donors (Lipinski definition) is 1. The van der Waals surface area contributed by atoms with Gasteiger partial charge in [0, 0.05) is 0 Å². The maximum Gasteiger partial charge on any atom is 0.118 e. The molecular formula is C12H18O. The Morgan fingerprint density at radius 3 is 2.31 bits per heavy atom. The van der Waals surface area contributed by atoms with Crippen LogP contribution in [0.25, 0.3) is 0 Å². The third-order valence-corrected chi connectivity index (χ3v) is 2.14. The molecular weight excluding hydrogens is 160 g/mol. The number of phenols is 1. The number of rotatable bonds is 2. The molecule has 72 valence electrons. The maximum absolute atomic E-state index is 9.51. The molecule has 0 aliphatic carbocycles. The molecule has 0 fully saturated rings. The summed E-state index contributed by atoms with van der Waals surface area (Å²) in [5.74, 6) is 0.423. The van der Waals surface area contributed by atoms with Crippen molar-refractivity contribution in [3.8, 4) is 5.75 Å². The number of aromatic hydroxyl groups is 1. The maximum atomic E-state index is 9.51. The number of hydrogen-bond acceptors (Lipinski definition) is 1. The second kappa shape index (κ2) is 3.82. The quantitative estimate of drug-likeness (QED) is 0.736. The van der Waals surface area contributed by atoms with Crippen LogP contribution in [0.2, 0.25) is 0 Å². The Bertz CT molecular complexity index is 271. The third kappa shape index (κ3) is 3.49. The zero-order chi connectivity index (χ0) is 9.90. The smallest absolute Gasteiger partial charge is 0.118 e. The van der Waals surface area contributed by atoms with Crippen molar-refractivity contribution in [3.63, 3.8) is 0 Å². The van der Waals surface area contributed by atoms with Crippen molar-refractivity contribution in [2.45, 2.75) is 33.6 Å². The summed E-state index contributed by atoms with van der Waals surface area (Å²) in [6, 6.07) is 7.56. The van der Waals surface area contributed by atoms with Crippen LogP contribution in [-0.2, 0) is 6.42 Å². The molecule has 0 atom stereocenters. The highest BCUT2D eigenvalue weighted by Crippen LogP contribution is 2.24. The molecule has 0 bridgehead atoms. The highest BCUT2D eigenvalue weighted by Gasteiger charge is 2.10. The molecule has 1 aromatic carbocycles. The van der Waals surface area contributed by atoms with E-state index in [1.807, 2.05) is 18.2 Å². The fourth-order valence-electron chi connectivity index (χ4n) is 1.23. The highest BCUT2D eigenvalue weighted by molar-refractivity contribution is 5.31. The normalized spacial score (nSPS) is 11.6. The first kappa shape index (κ1) is 10.1. The van der Waals surface area contributed by atoms with Gasteiger partial charge in [-0.25, -0.2) is 0 Å². The minimum atomic E-state index is 0.336. The first-order valence-corrected chi connectivity index (χ1v) is 4.76. The summed E-state index contributed by atoms with van der Waals surface area (Å²) in [5.41, 5.74) is 1.39. The van der Waals surface area contributed by atoms with Gasteiger partial charge in [0.25, 0.3) is 0 Å². The molecule has 1 rings (SSSR count). The Morgan fingerprint density at radius 1 is 1.15 bits per heavy atom. The summed E-state index contributed by atoms with van der Waals surface area (Å²) in [6.07, 6.45) is 2.06. The Labute approximate surface area is 80.4 Å². The fourth-order valence-corrected chi connectivity index (χ4v) is 1.23. The molecule has 0 saturated carbocycles. The molecule has 0 aliphatic rings. The van der Waals surface area contributed by atoms with Crippen LogP contribution in [0.1, 0.15) is 32.8 Å². The van der Waals surface area contributed by atoms with Crippen LogP contribution in [0, 0.1) is 5.41 Å². The molecule has 0 heterocycles. The van der Waals surface area contributed by atoms with Crippen molar-refractivity contribution >= 4 is 0 Å². The number of phenolic OH excluding ortho intramolecular Hbond substituents is 1. The summed E-state index contributed by atoms with van der Waals surface area (Å²) < 4.78 is 0. The van der Waals surface area contributed by atoms with Gasteiger partial charge in [0.15, 0.2) is 0 Å². The Hall–Kier alpha value is -0.980. The standard InChI is InChI=1S/C12H18O/c1-12(2,3)9-8-10-6-4-5-7-11(10)13/h4-7,13H,8-9H2,1-3H3. The van der Waals surface area contributed by atoms with Crippen molar-refractivity contribution in [1.82, 2.24) is 0 Å². The summed E-state index contributed by atoms with van der Waals surface area (Å²) in [4.78, 5) is 0. The zero-order valence-electron chi connectivity index (χ0n) is 8.67. The first-order valence-electron chi connectivity index (χ1n) is 4.76. The van der Waals surface area contributed by atoms with Crippen LogP contribution < -0.4 is 0 Å². The summed E-state index contributed by atoms with van der Waals surface area (Å²) in [5, 5.41) is 9.51. The van der Waals surface area contributed by atoms with Gasteiger partial charge in [-0.2, -0.15) is 0 Å². The lowest BCUT2D eigenvalue weighted by Gasteiger charge is -2.17. The SMILES string of the molecule is CC(C)(C)CCc1ccccc1O. The molecule has 13 heavy (non-hydrogen) atoms. The summed E-state index contributed by atoms with van der Waals surface area (Å²) >= 11 is 0. The van der Waals surface area contributed by atoms with E-state index in [1.165, 1.54) is 0 Å². The lowest BCUT2D eigenvalue weighted by atomic mass is 9.88. The Kier molecular flexibility index (Phi) is 2.97. The van der Waals surface area contributed by atoms with Gasteiger partial charge in [-0.15, -0.1) is 0 Å². The molecule has 0 aliphatic heterocycles. The van der Waals surface area contributed by atoms with Gasteiger partial charge in [-0.3, -0.25) is 0 Å². The first-order chi connectivity index (χ1) is 5.99. The van der Waals surface area contributed by atoms with Crippen LogP contribution in [0.3, 0.4) is 0 Å². The molecule has 0 saturated heterocycles. The van der Waals surface area contributed by atoms with E-state index in [-0.39, 0.29) is 0 Å². The number of benzene rings is 1. The Balaban J connectivity index is 2.60. The van der Waals surface area contributed by atoms with Crippen LogP contribution in [0.5, 0.6) is 5.75 Å². The van der Waals surface area contributed by atoms with E-state index in [9.17, 15) is 5.11 Å². The second-order valence-corrected chi connectivity index (χ2v) is 4.69. The van der Waals surface area contributed by atoms with E-state index in [2.05, 4.69) is 20.8 Å². The molecule has 1 aromatic rings. The monoisotopic (exact) mass is 178 g/mol.